The van der Waals surface area contributed by atoms with Crippen molar-refractivity contribution in [1.82, 2.24) is 29.4 Å². The summed E-state index contributed by atoms with van der Waals surface area (Å²) in [6, 6.07) is 11.2. The summed E-state index contributed by atoms with van der Waals surface area (Å²) >= 11 is 0. The van der Waals surface area contributed by atoms with Crippen molar-refractivity contribution in [3.05, 3.63) is 107 Å². The van der Waals surface area contributed by atoms with Gasteiger partial charge in [0.1, 0.15) is 11.5 Å². The fraction of sp³-hybridized carbons (Fsp3) is 0.537. The van der Waals surface area contributed by atoms with Gasteiger partial charge in [0, 0.05) is 54.2 Å². The number of nitrogens with zero attached hydrogens (tertiary/aromatic N) is 8. The molecule has 0 bridgehead atoms. The van der Waals surface area contributed by atoms with Gasteiger partial charge in [-0.2, -0.15) is 10.2 Å². The molecule has 0 aliphatic carbocycles. The van der Waals surface area contributed by atoms with Gasteiger partial charge in [0.05, 0.1) is 18.4 Å². The van der Waals surface area contributed by atoms with Crippen molar-refractivity contribution in [2.24, 2.45) is 10.7 Å². The van der Waals surface area contributed by atoms with E-state index < -0.39 is 5.67 Å². The SMILES string of the molecule is C=Cc1cnn(/C=C\C)c1N=C.CC.CC.CC.CCCCCc1ccc(C)cc1NCC(C)(F)CC.Cc1cnc(CCCN)c(C2CCCN2c2ccn3ncc(C(C)C)c3n2)c1. The Labute approximate surface area is 394 Å². The van der Waals surface area contributed by atoms with Crippen LogP contribution >= 0.6 is 0 Å². The number of fused-ring (bicyclic) bond motifs is 1. The minimum Gasteiger partial charge on any atom is -0.382 e. The Bertz CT molecular complexity index is 2110. The molecule has 0 spiro atoms. The Morgan fingerprint density at radius 3 is 2.31 bits per heavy atom. The second-order valence-corrected chi connectivity index (χ2v) is 16.1. The number of aryl methyl sites for hydroxylation is 4. The third kappa shape index (κ3) is 18.0. The average molecular weight is 895 g/mol. The number of aliphatic imine (C=N–C) groups is 1. The highest BCUT2D eigenvalue weighted by Crippen LogP contribution is 2.37. The van der Waals surface area contributed by atoms with Crippen molar-refractivity contribution in [1.29, 1.82) is 0 Å². The average Bonchev–Trinajstić information content (AvgIpc) is 4.10. The van der Waals surface area contributed by atoms with Gasteiger partial charge in [0.2, 0.25) is 0 Å². The van der Waals surface area contributed by atoms with Crippen LogP contribution in [0, 0.1) is 13.8 Å². The van der Waals surface area contributed by atoms with Crippen LogP contribution in [0.5, 0.6) is 0 Å². The molecule has 2 atom stereocenters. The molecule has 0 radical (unpaired) electrons. The van der Waals surface area contributed by atoms with E-state index in [1.165, 1.54) is 52.8 Å². The van der Waals surface area contributed by atoms with Gasteiger partial charge in [0.25, 0.3) is 0 Å². The van der Waals surface area contributed by atoms with Crippen LogP contribution in [0.15, 0.2) is 72.8 Å². The summed E-state index contributed by atoms with van der Waals surface area (Å²) in [6.45, 7) is 37.5. The smallest absolute Gasteiger partial charge is 0.161 e. The molecule has 1 aliphatic heterocycles. The molecular weight excluding hydrogens is 808 g/mol. The van der Waals surface area contributed by atoms with Crippen LogP contribution in [0.25, 0.3) is 17.9 Å². The van der Waals surface area contributed by atoms with Crippen molar-refractivity contribution in [3.63, 3.8) is 0 Å². The molecule has 2 unspecified atom stereocenters. The minimum absolute atomic E-state index is 0.320. The lowest BCUT2D eigenvalue weighted by molar-refractivity contribution is 0.200. The maximum Gasteiger partial charge on any atom is 0.161 e. The molecule has 4 aromatic heterocycles. The molecule has 1 saturated heterocycles. The molecule has 5 aromatic rings. The van der Waals surface area contributed by atoms with E-state index in [0.717, 1.165) is 67.2 Å². The van der Waals surface area contributed by atoms with E-state index in [1.807, 2.05) is 90.8 Å². The van der Waals surface area contributed by atoms with Gasteiger partial charge in [-0.15, -0.1) is 0 Å². The number of alkyl halides is 1. The molecule has 65 heavy (non-hydrogen) atoms. The number of aromatic nitrogens is 6. The van der Waals surface area contributed by atoms with Crippen molar-refractivity contribution in [2.75, 3.05) is 29.9 Å². The first-order valence-electron chi connectivity index (χ1n) is 24.5. The summed E-state index contributed by atoms with van der Waals surface area (Å²) in [7, 11) is 0. The van der Waals surface area contributed by atoms with Crippen molar-refractivity contribution < 1.29 is 4.39 Å². The molecular formula is C54H87FN10. The second kappa shape index (κ2) is 31.7. The zero-order chi connectivity index (χ0) is 49.0. The first kappa shape index (κ1) is 57.9. The lowest BCUT2D eigenvalue weighted by Crippen LogP contribution is -2.27. The van der Waals surface area contributed by atoms with Gasteiger partial charge in [-0.1, -0.05) is 119 Å². The highest BCUT2D eigenvalue weighted by molar-refractivity contribution is 5.63. The lowest BCUT2D eigenvalue weighted by atomic mass is 9.98. The van der Waals surface area contributed by atoms with Gasteiger partial charge in [-0.25, -0.2) is 23.6 Å². The van der Waals surface area contributed by atoms with Gasteiger partial charge in [-0.3, -0.25) is 4.98 Å². The van der Waals surface area contributed by atoms with Gasteiger partial charge in [-0.05, 0) is 126 Å². The molecule has 11 heteroatoms. The summed E-state index contributed by atoms with van der Waals surface area (Å²) in [4.78, 5) is 16.1. The molecule has 1 fully saturated rings. The molecule has 360 valence electrons. The van der Waals surface area contributed by atoms with E-state index in [0.29, 0.717) is 31.5 Å². The summed E-state index contributed by atoms with van der Waals surface area (Å²) in [5, 5.41) is 11.8. The van der Waals surface area contributed by atoms with E-state index in [4.69, 9.17) is 15.7 Å². The largest absolute Gasteiger partial charge is 0.382 e. The molecule has 0 amide bonds. The molecule has 6 rings (SSSR count). The number of hydrogen-bond donors (Lipinski definition) is 2. The number of hydrogen-bond acceptors (Lipinski definition) is 8. The van der Waals surface area contributed by atoms with E-state index in [1.54, 1.807) is 23.9 Å². The van der Waals surface area contributed by atoms with E-state index in [2.05, 4.69) is 104 Å². The predicted molar refractivity (Wildman–Crippen MR) is 282 cm³/mol. The number of benzene rings is 1. The van der Waals surface area contributed by atoms with Gasteiger partial charge >= 0.3 is 0 Å². The molecule has 5 heterocycles. The minimum atomic E-state index is -1.13. The zero-order valence-electron chi connectivity index (χ0n) is 43.0. The fourth-order valence-electron chi connectivity index (χ4n) is 7.17. The quantitative estimate of drug-likeness (QED) is 0.0706. The van der Waals surface area contributed by atoms with Crippen molar-refractivity contribution in [3.8, 4) is 0 Å². The maximum atomic E-state index is 14.0. The number of allylic oxidation sites excluding steroid dienone is 1. The number of rotatable bonds is 17. The number of nitrogens with one attached hydrogen (secondary N) is 1. The summed E-state index contributed by atoms with van der Waals surface area (Å²) < 4.78 is 17.5. The Morgan fingerprint density at radius 2 is 1.69 bits per heavy atom. The standard InChI is InChI=1S/C22H30N6.C17H28FN.C9H11N3.3C2H6/c1-15(2)18-14-25-28-11-8-21(26-22(18)28)27-10-5-7-20(27)17-12-16(3)13-24-19(17)6-4-9-23;1-5-7-8-9-15-11-10-14(3)12-16(15)19-13-17(4,18)6-2;1-4-6-12-9(10-3)8(5-2)7-11-12;3*1-2/h8,11-15,20H,4-7,9-10,23H2,1-3H3;10-12,19H,5-9,13H2,1-4H3;4-7H,2-3H2,1H3;3*1-2H3/b;;6-4-;;;. The molecule has 1 aromatic carbocycles. The van der Waals surface area contributed by atoms with Crippen LogP contribution in [0.3, 0.4) is 0 Å². The van der Waals surface area contributed by atoms with Crippen LogP contribution in [0.4, 0.5) is 21.7 Å². The Hall–Kier alpha value is -5.16. The molecule has 10 nitrogen and oxygen atoms in total. The van der Waals surface area contributed by atoms with E-state index in [9.17, 15) is 4.39 Å². The first-order chi connectivity index (χ1) is 31.4. The van der Waals surface area contributed by atoms with E-state index >= 15 is 0 Å². The second-order valence-electron chi connectivity index (χ2n) is 16.1. The lowest BCUT2D eigenvalue weighted by Gasteiger charge is -2.28. The van der Waals surface area contributed by atoms with Crippen molar-refractivity contribution >= 4 is 42.0 Å². The fourth-order valence-corrected chi connectivity index (χ4v) is 7.17. The summed E-state index contributed by atoms with van der Waals surface area (Å²) in [5.41, 5.74) is 15.0. The molecule has 3 N–H and O–H groups in total. The third-order valence-corrected chi connectivity index (χ3v) is 10.8. The third-order valence-electron chi connectivity index (χ3n) is 10.8. The normalized spacial score (nSPS) is 13.7. The van der Waals surface area contributed by atoms with Crippen LogP contribution in [-0.2, 0) is 12.8 Å². The predicted octanol–water partition coefficient (Wildman–Crippen LogP) is 14.5. The number of unbranched alkanes of at least 4 members (excludes halogenated alkanes) is 2. The van der Waals surface area contributed by atoms with Crippen LogP contribution in [-0.4, -0.2) is 61.4 Å². The van der Waals surface area contributed by atoms with Crippen LogP contribution in [0.1, 0.15) is 179 Å². The molecule has 0 saturated carbocycles. The van der Waals surface area contributed by atoms with Gasteiger partial charge < -0.3 is 16.0 Å². The number of anilines is 2. The number of halogens is 1. The van der Waals surface area contributed by atoms with Crippen LogP contribution < -0.4 is 16.0 Å². The number of nitrogens with two attached hydrogens (primary N) is 1. The monoisotopic (exact) mass is 895 g/mol. The van der Waals surface area contributed by atoms with Crippen LogP contribution in [0.2, 0.25) is 0 Å². The topological polar surface area (TPSA) is 115 Å². The van der Waals surface area contributed by atoms with Gasteiger partial charge in [0.15, 0.2) is 11.5 Å². The highest BCUT2D eigenvalue weighted by atomic mass is 19.1. The summed E-state index contributed by atoms with van der Waals surface area (Å²) in [6.07, 6.45) is 22.5. The maximum absolute atomic E-state index is 14.0. The number of pyridine rings is 1. The highest BCUT2D eigenvalue weighted by Gasteiger charge is 2.30. The van der Waals surface area contributed by atoms with E-state index in [-0.39, 0.29) is 0 Å². The molecule has 1 aliphatic rings. The Kier molecular flexibility index (Phi) is 28.2. The first-order valence-corrected chi connectivity index (χ1v) is 24.5. The Morgan fingerprint density at radius 1 is 0.969 bits per heavy atom. The Balaban J connectivity index is 0.000000496. The van der Waals surface area contributed by atoms with Crippen molar-refractivity contribution in [2.45, 2.75) is 172 Å². The summed E-state index contributed by atoms with van der Waals surface area (Å²) in [5.74, 6) is 2.16. The zero-order valence-corrected chi connectivity index (χ0v) is 43.0.